The fourth-order valence-electron chi connectivity index (χ4n) is 2.41. The quantitative estimate of drug-likeness (QED) is 0.699. The van der Waals surface area contributed by atoms with Crippen molar-refractivity contribution in [1.29, 1.82) is 0 Å². The second-order valence-corrected chi connectivity index (χ2v) is 7.34. The van der Waals surface area contributed by atoms with Crippen molar-refractivity contribution < 1.29 is 17.9 Å². The van der Waals surface area contributed by atoms with Gasteiger partial charge in [-0.25, -0.2) is 8.42 Å². The van der Waals surface area contributed by atoms with Gasteiger partial charge in [0.05, 0.1) is 24.2 Å². The van der Waals surface area contributed by atoms with Crippen molar-refractivity contribution in [3.05, 3.63) is 24.3 Å². The molecule has 2 atom stereocenters. The number of rotatable bonds is 6. The van der Waals surface area contributed by atoms with Crippen molar-refractivity contribution in [2.75, 3.05) is 28.9 Å². The Balaban J connectivity index is 0.00000288. The van der Waals surface area contributed by atoms with Crippen LogP contribution in [0.1, 0.15) is 20.3 Å². The molecule has 136 valence electrons. The Morgan fingerprint density at radius 3 is 2.75 bits per heavy atom. The van der Waals surface area contributed by atoms with E-state index in [0.717, 1.165) is 0 Å². The maximum atomic E-state index is 12.3. The number of hydrogen-bond acceptors (Lipinski definition) is 5. The number of nitrogens with one attached hydrogen (secondary N) is 3. The van der Waals surface area contributed by atoms with Gasteiger partial charge < -0.3 is 15.4 Å². The molecular weight excluding hydrogens is 354 g/mol. The van der Waals surface area contributed by atoms with Crippen molar-refractivity contribution in [2.24, 2.45) is 0 Å². The van der Waals surface area contributed by atoms with Crippen LogP contribution in [-0.4, -0.2) is 45.4 Å². The minimum atomic E-state index is -3.35. The molecule has 0 bridgehead atoms. The fourth-order valence-corrected chi connectivity index (χ4v) is 3.53. The summed E-state index contributed by atoms with van der Waals surface area (Å²) in [6.07, 6.45) is 0.326. The van der Waals surface area contributed by atoms with E-state index in [9.17, 15) is 13.2 Å². The molecule has 0 spiro atoms. The summed E-state index contributed by atoms with van der Waals surface area (Å²) >= 11 is 0. The molecule has 7 nitrogen and oxygen atoms in total. The summed E-state index contributed by atoms with van der Waals surface area (Å²) in [6, 6.07) is 6.22. The first-order valence-electron chi connectivity index (χ1n) is 7.67. The highest BCUT2D eigenvalue weighted by molar-refractivity contribution is 7.92. The van der Waals surface area contributed by atoms with Crippen LogP contribution >= 0.6 is 12.4 Å². The molecule has 1 amide bonds. The fraction of sp³-hybridized carbons (Fsp3) is 0.533. The van der Waals surface area contributed by atoms with E-state index in [-0.39, 0.29) is 30.2 Å². The Morgan fingerprint density at radius 1 is 1.38 bits per heavy atom. The average molecular weight is 378 g/mol. The van der Waals surface area contributed by atoms with Gasteiger partial charge in [0.1, 0.15) is 6.04 Å². The molecule has 24 heavy (non-hydrogen) atoms. The van der Waals surface area contributed by atoms with E-state index in [1.807, 2.05) is 6.92 Å². The van der Waals surface area contributed by atoms with Crippen molar-refractivity contribution in [3.8, 4) is 0 Å². The van der Waals surface area contributed by atoms with Crippen molar-refractivity contribution in [2.45, 2.75) is 32.4 Å². The molecule has 2 rings (SSSR count). The smallest absolute Gasteiger partial charge is 0.244 e. The Labute approximate surface area is 149 Å². The molecule has 1 aliphatic rings. The monoisotopic (exact) mass is 377 g/mol. The van der Waals surface area contributed by atoms with Crippen molar-refractivity contribution >= 4 is 39.7 Å². The predicted molar refractivity (Wildman–Crippen MR) is 97.2 cm³/mol. The lowest BCUT2D eigenvalue weighted by Gasteiger charge is -2.29. The Bertz CT molecular complexity index is 654. The second-order valence-electron chi connectivity index (χ2n) is 5.50. The second kappa shape index (κ2) is 9.22. The summed E-state index contributed by atoms with van der Waals surface area (Å²) in [6.45, 7) is 4.85. The van der Waals surface area contributed by atoms with Gasteiger partial charge in [0.25, 0.3) is 0 Å². The Kier molecular flexibility index (Phi) is 7.95. The van der Waals surface area contributed by atoms with Gasteiger partial charge in [0, 0.05) is 12.2 Å². The van der Waals surface area contributed by atoms with Crippen LogP contribution in [0.2, 0.25) is 0 Å². The molecule has 0 saturated carbocycles. The molecule has 1 aliphatic heterocycles. The molecule has 0 radical (unpaired) electrons. The molecule has 3 N–H and O–H groups in total. The third-order valence-corrected chi connectivity index (χ3v) is 4.97. The summed E-state index contributed by atoms with van der Waals surface area (Å²) in [5, 5.41) is 5.89. The minimum Gasteiger partial charge on any atom is -0.375 e. The number of sulfonamides is 1. The van der Waals surface area contributed by atoms with E-state index < -0.39 is 16.1 Å². The SMILES string of the molecule is CCCS(=O)(=O)Nc1cccc(NC(=O)[C@H]2NCCO[C@@H]2C)c1.Cl. The number of ether oxygens (including phenoxy) is 1. The summed E-state index contributed by atoms with van der Waals surface area (Å²) in [7, 11) is -3.35. The van der Waals surface area contributed by atoms with Crippen LogP contribution in [0.4, 0.5) is 11.4 Å². The van der Waals surface area contributed by atoms with Crippen LogP contribution in [0.3, 0.4) is 0 Å². The number of carbonyl (C=O) groups excluding carboxylic acids is 1. The van der Waals surface area contributed by atoms with Crippen LogP contribution < -0.4 is 15.4 Å². The lowest BCUT2D eigenvalue weighted by molar-refractivity contribution is -0.123. The largest absolute Gasteiger partial charge is 0.375 e. The van der Waals surface area contributed by atoms with E-state index in [4.69, 9.17) is 4.74 Å². The lowest BCUT2D eigenvalue weighted by Crippen LogP contribution is -2.53. The maximum Gasteiger partial charge on any atom is 0.244 e. The Morgan fingerprint density at radius 2 is 2.08 bits per heavy atom. The molecule has 0 aliphatic carbocycles. The summed E-state index contributed by atoms with van der Waals surface area (Å²) in [5.41, 5.74) is 0.962. The molecule has 1 heterocycles. The van der Waals surface area contributed by atoms with E-state index in [0.29, 0.717) is 30.9 Å². The van der Waals surface area contributed by atoms with Crippen molar-refractivity contribution in [1.82, 2.24) is 5.32 Å². The summed E-state index contributed by atoms with van der Waals surface area (Å²) in [4.78, 5) is 12.3. The average Bonchev–Trinajstić information content (AvgIpc) is 2.47. The Hall–Kier alpha value is -1.35. The van der Waals surface area contributed by atoms with Crippen molar-refractivity contribution in [3.63, 3.8) is 0 Å². The van der Waals surface area contributed by atoms with Gasteiger partial charge in [0.15, 0.2) is 0 Å². The van der Waals surface area contributed by atoms with Crippen LogP contribution in [0.25, 0.3) is 0 Å². The minimum absolute atomic E-state index is 0. The van der Waals surface area contributed by atoms with E-state index in [1.54, 1.807) is 31.2 Å². The third-order valence-electron chi connectivity index (χ3n) is 3.48. The molecule has 1 fully saturated rings. The lowest BCUT2D eigenvalue weighted by atomic mass is 10.1. The van der Waals surface area contributed by atoms with Gasteiger partial charge in [-0.2, -0.15) is 0 Å². The van der Waals surface area contributed by atoms with Crippen LogP contribution in [-0.2, 0) is 19.6 Å². The molecule has 0 unspecified atom stereocenters. The van der Waals surface area contributed by atoms with Crippen LogP contribution in [0, 0.1) is 0 Å². The summed E-state index contributed by atoms with van der Waals surface area (Å²) in [5.74, 6) is -0.143. The molecule has 1 saturated heterocycles. The van der Waals surface area contributed by atoms with Crippen LogP contribution in [0.15, 0.2) is 24.3 Å². The molecular formula is C15H24ClN3O4S. The third kappa shape index (κ3) is 5.94. The molecule has 1 aromatic rings. The molecule has 1 aromatic carbocycles. The van der Waals surface area contributed by atoms with Gasteiger partial charge in [-0.15, -0.1) is 12.4 Å². The van der Waals surface area contributed by atoms with Gasteiger partial charge in [-0.3, -0.25) is 9.52 Å². The number of halogens is 1. The highest BCUT2D eigenvalue weighted by atomic mass is 35.5. The maximum absolute atomic E-state index is 12.3. The summed E-state index contributed by atoms with van der Waals surface area (Å²) < 4.78 is 31.6. The highest BCUT2D eigenvalue weighted by Crippen LogP contribution is 2.17. The first-order chi connectivity index (χ1) is 10.9. The van der Waals surface area contributed by atoms with Gasteiger partial charge in [0.2, 0.25) is 15.9 Å². The van der Waals surface area contributed by atoms with Gasteiger partial charge in [-0.1, -0.05) is 13.0 Å². The topological polar surface area (TPSA) is 96.5 Å². The number of anilines is 2. The number of morpholine rings is 1. The highest BCUT2D eigenvalue weighted by Gasteiger charge is 2.28. The van der Waals surface area contributed by atoms with E-state index in [2.05, 4.69) is 15.4 Å². The molecule has 0 aromatic heterocycles. The number of benzene rings is 1. The van der Waals surface area contributed by atoms with Crippen LogP contribution in [0.5, 0.6) is 0 Å². The number of amides is 1. The van der Waals surface area contributed by atoms with Gasteiger partial charge >= 0.3 is 0 Å². The zero-order valence-corrected chi connectivity index (χ0v) is 15.4. The van der Waals surface area contributed by atoms with Gasteiger partial charge in [-0.05, 0) is 31.5 Å². The zero-order valence-electron chi connectivity index (χ0n) is 13.7. The van der Waals surface area contributed by atoms with E-state index >= 15 is 0 Å². The molecule has 9 heteroatoms. The normalized spacial score (nSPS) is 20.8. The first-order valence-corrected chi connectivity index (χ1v) is 9.33. The number of hydrogen-bond donors (Lipinski definition) is 3. The predicted octanol–water partition coefficient (Wildman–Crippen LogP) is 1.58. The first kappa shape index (κ1) is 20.7. The zero-order chi connectivity index (χ0) is 16.9. The standard InChI is InChI=1S/C15H23N3O4S.ClH/c1-3-9-23(20,21)18-13-6-4-5-12(10-13)17-15(19)14-11(2)22-8-7-16-14;/h4-6,10-11,14,16,18H,3,7-9H2,1-2H3,(H,17,19);1H/t11-,14+;/m1./s1. The van der Waals surface area contributed by atoms with E-state index in [1.165, 1.54) is 0 Å². The number of carbonyl (C=O) groups is 1.